The molecule has 3 aromatic heterocycles. The summed E-state index contributed by atoms with van der Waals surface area (Å²) in [6, 6.07) is 5.24. The van der Waals surface area contributed by atoms with Gasteiger partial charge >= 0.3 is 6.18 Å². The van der Waals surface area contributed by atoms with Crippen LogP contribution in [0.4, 0.5) is 19.1 Å². The van der Waals surface area contributed by atoms with Crippen LogP contribution in [0, 0.1) is 0 Å². The Morgan fingerprint density at radius 1 is 1.14 bits per heavy atom. The molecule has 0 radical (unpaired) electrons. The van der Waals surface area contributed by atoms with Crippen molar-refractivity contribution >= 4 is 17.0 Å². The lowest BCUT2D eigenvalue weighted by Crippen LogP contribution is -2.09. The number of benzene rings is 1. The van der Waals surface area contributed by atoms with Crippen molar-refractivity contribution in [1.82, 2.24) is 29.5 Å². The first-order valence-corrected chi connectivity index (χ1v) is 8.09. The summed E-state index contributed by atoms with van der Waals surface area (Å²) in [5, 5.41) is 8.94. The molecule has 3 heterocycles. The monoisotopic (exact) mass is 389 g/mol. The average molecular weight is 389 g/mol. The van der Waals surface area contributed by atoms with Gasteiger partial charge in [0, 0.05) is 12.4 Å². The summed E-state index contributed by atoms with van der Waals surface area (Å²) < 4.78 is 47.4. The van der Waals surface area contributed by atoms with Crippen molar-refractivity contribution in [1.29, 1.82) is 0 Å². The van der Waals surface area contributed by atoms with Gasteiger partial charge in [-0.3, -0.25) is 0 Å². The maximum atomic E-state index is 13.2. The summed E-state index contributed by atoms with van der Waals surface area (Å²) >= 11 is 0. The first-order chi connectivity index (χ1) is 13.3. The van der Waals surface area contributed by atoms with Gasteiger partial charge in [-0.05, 0) is 29.8 Å². The van der Waals surface area contributed by atoms with Crippen molar-refractivity contribution in [2.75, 3.05) is 12.8 Å². The lowest BCUT2D eigenvalue weighted by Gasteiger charge is -2.12. The average Bonchev–Trinajstić information content (AvgIpc) is 3.31. The summed E-state index contributed by atoms with van der Waals surface area (Å²) in [5.74, 6) is 0.536. The molecule has 0 bridgehead atoms. The van der Waals surface area contributed by atoms with Crippen LogP contribution < -0.4 is 10.5 Å². The fraction of sp³-hybridized carbons (Fsp3) is 0.176. The number of aromatic nitrogens is 6. The van der Waals surface area contributed by atoms with Gasteiger partial charge in [0.25, 0.3) is 0 Å². The number of methoxy groups -OCH3 is 1. The molecule has 0 atom stereocenters. The molecule has 0 fully saturated rings. The molecule has 4 aromatic rings. The van der Waals surface area contributed by atoms with Crippen molar-refractivity contribution in [2.45, 2.75) is 12.7 Å². The predicted molar refractivity (Wildman–Crippen MR) is 94.0 cm³/mol. The van der Waals surface area contributed by atoms with E-state index in [1.165, 1.54) is 28.7 Å². The van der Waals surface area contributed by atoms with E-state index < -0.39 is 11.7 Å². The molecule has 1 aromatic carbocycles. The minimum atomic E-state index is -4.49. The number of hydrogen-bond acceptors (Lipinski definition) is 6. The summed E-state index contributed by atoms with van der Waals surface area (Å²) in [7, 11) is 1.31. The van der Waals surface area contributed by atoms with Gasteiger partial charge in [0.2, 0.25) is 5.95 Å². The van der Waals surface area contributed by atoms with Crippen LogP contribution >= 0.6 is 0 Å². The first-order valence-electron chi connectivity index (χ1n) is 8.09. The highest BCUT2D eigenvalue weighted by Gasteiger charge is 2.31. The third-order valence-electron chi connectivity index (χ3n) is 4.08. The van der Waals surface area contributed by atoms with Crippen molar-refractivity contribution < 1.29 is 17.9 Å². The summed E-state index contributed by atoms with van der Waals surface area (Å²) in [6.45, 7) is 0.0405. The largest absolute Gasteiger partial charge is 0.497 e. The minimum absolute atomic E-state index is 0.00127. The van der Waals surface area contributed by atoms with Crippen LogP contribution in [0.5, 0.6) is 5.75 Å². The molecule has 0 aliphatic carbocycles. The van der Waals surface area contributed by atoms with E-state index in [2.05, 4.69) is 20.2 Å². The lowest BCUT2D eigenvalue weighted by molar-refractivity contribution is -0.137. The second-order valence-electron chi connectivity index (χ2n) is 5.96. The van der Waals surface area contributed by atoms with E-state index in [1.807, 2.05) is 0 Å². The smallest absolute Gasteiger partial charge is 0.416 e. The number of anilines is 1. The fourth-order valence-electron chi connectivity index (χ4n) is 2.85. The van der Waals surface area contributed by atoms with Crippen LogP contribution in [0.25, 0.3) is 16.9 Å². The molecular weight excluding hydrogens is 375 g/mol. The molecule has 0 saturated carbocycles. The number of rotatable bonds is 4. The van der Waals surface area contributed by atoms with Crippen LogP contribution in [-0.2, 0) is 12.7 Å². The van der Waals surface area contributed by atoms with E-state index in [1.54, 1.807) is 18.5 Å². The summed E-state index contributed by atoms with van der Waals surface area (Å²) in [5.41, 5.74) is 5.74. The van der Waals surface area contributed by atoms with Crippen LogP contribution in [0.15, 0.2) is 42.9 Å². The number of nitrogens with two attached hydrogens (primary N) is 1. The number of nitrogen functional groups attached to an aromatic ring is 1. The zero-order valence-electron chi connectivity index (χ0n) is 14.6. The van der Waals surface area contributed by atoms with Gasteiger partial charge in [-0.25, -0.2) is 9.36 Å². The first kappa shape index (κ1) is 17.8. The molecule has 0 saturated heterocycles. The minimum Gasteiger partial charge on any atom is -0.497 e. The van der Waals surface area contributed by atoms with Crippen molar-refractivity contribution in [3.63, 3.8) is 0 Å². The van der Waals surface area contributed by atoms with Gasteiger partial charge in [0.05, 0.1) is 30.8 Å². The third kappa shape index (κ3) is 3.21. The normalized spacial score (nSPS) is 11.9. The maximum absolute atomic E-state index is 13.2. The molecule has 2 N–H and O–H groups in total. The molecule has 0 aliphatic rings. The van der Waals surface area contributed by atoms with Crippen LogP contribution in [0.1, 0.15) is 11.1 Å². The van der Waals surface area contributed by atoms with Crippen LogP contribution in [0.3, 0.4) is 0 Å². The third-order valence-corrected chi connectivity index (χ3v) is 4.08. The van der Waals surface area contributed by atoms with Gasteiger partial charge in [-0.2, -0.15) is 33.3 Å². The van der Waals surface area contributed by atoms with Gasteiger partial charge in [0.1, 0.15) is 5.75 Å². The van der Waals surface area contributed by atoms with E-state index in [9.17, 15) is 13.2 Å². The number of alkyl halides is 3. The molecule has 28 heavy (non-hydrogen) atoms. The molecule has 4 rings (SSSR count). The molecule has 144 valence electrons. The van der Waals surface area contributed by atoms with E-state index in [4.69, 9.17) is 10.5 Å². The number of fused-ring (bicyclic) bond motifs is 1. The predicted octanol–water partition coefficient (Wildman–Crippen LogP) is 2.67. The Balaban J connectivity index is 1.79. The fourth-order valence-corrected chi connectivity index (χ4v) is 2.85. The zero-order chi connectivity index (χ0) is 19.9. The van der Waals surface area contributed by atoms with Crippen LogP contribution in [0.2, 0.25) is 0 Å². The zero-order valence-corrected chi connectivity index (χ0v) is 14.6. The number of ether oxygens (including phenoxy) is 1. The molecular formula is C17H14F3N7O. The molecule has 0 unspecified atom stereocenters. The van der Waals surface area contributed by atoms with Crippen molar-refractivity contribution in [3.05, 3.63) is 54.0 Å². The Hall–Kier alpha value is -3.63. The number of hydrogen-bond donors (Lipinski definition) is 1. The SMILES string of the molecule is COc1cc(Cn2ncc3c(-n4cccn4)nc(N)nc32)cc(C(F)(F)F)c1. The van der Waals surface area contributed by atoms with Gasteiger partial charge in [0.15, 0.2) is 11.5 Å². The highest BCUT2D eigenvalue weighted by Crippen LogP contribution is 2.33. The maximum Gasteiger partial charge on any atom is 0.416 e. The topological polar surface area (TPSA) is 96.7 Å². The lowest BCUT2D eigenvalue weighted by atomic mass is 10.1. The molecule has 11 heteroatoms. The molecule has 0 spiro atoms. The molecule has 0 aliphatic heterocycles. The van der Waals surface area contributed by atoms with E-state index >= 15 is 0 Å². The quantitative estimate of drug-likeness (QED) is 0.576. The molecule has 8 nitrogen and oxygen atoms in total. The number of halogens is 3. The standard InChI is InChI=1S/C17H14F3N7O/c1-28-12-6-10(5-11(7-12)17(18,19)20)9-27-15-13(8-23-27)14(24-16(21)25-15)26-4-2-3-22-26/h2-8H,9H2,1H3,(H2,21,24,25). The Morgan fingerprint density at radius 3 is 2.64 bits per heavy atom. The Bertz CT molecular complexity index is 1140. The van der Waals surface area contributed by atoms with E-state index in [0.717, 1.165) is 12.1 Å². The second-order valence-corrected chi connectivity index (χ2v) is 5.96. The highest BCUT2D eigenvalue weighted by molar-refractivity contribution is 5.83. The Labute approximate surface area is 156 Å². The van der Waals surface area contributed by atoms with E-state index in [-0.39, 0.29) is 18.2 Å². The molecule has 0 amide bonds. The summed E-state index contributed by atoms with van der Waals surface area (Å²) in [4.78, 5) is 8.37. The Kier molecular flexibility index (Phi) is 4.13. The van der Waals surface area contributed by atoms with Gasteiger partial charge in [-0.1, -0.05) is 0 Å². The Morgan fingerprint density at radius 2 is 1.96 bits per heavy atom. The van der Waals surface area contributed by atoms with Gasteiger partial charge in [-0.15, -0.1) is 0 Å². The van der Waals surface area contributed by atoms with Crippen molar-refractivity contribution in [2.24, 2.45) is 0 Å². The number of nitrogens with zero attached hydrogens (tertiary/aromatic N) is 6. The van der Waals surface area contributed by atoms with Crippen LogP contribution in [-0.4, -0.2) is 36.6 Å². The summed E-state index contributed by atoms with van der Waals surface area (Å²) in [6.07, 6.45) is 0.311. The highest BCUT2D eigenvalue weighted by atomic mass is 19.4. The van der Waals surface area contributed by atoms with E-state index in [0.29, 0.717) is 22.4 Å². The van der Waals surface area contributed by atoms with Gasteiger partial charge < -0.3 is 10.5 Å². The second kappa shape index (κ2) is 6.51. The van der Waals surface area contributed by atoms with Crippen molar-refractivity contribution in [3.8, 4) is 11.6 Å².